The van der Waals surface area contributed by atoms with Crippen molar-refractivity contribution in [3.05, 3.63) is 0 Å². The van der Waals surface area contributed by atoms with Crippen molar-refractivity contribution in [2.45, 2.75) is 19.5 Å². The molecule has 0 heterocycles. The van der Waals surface area contributed by atoms with Crippen LogP contribution in [0.5, 0.6) is 0 Å². The molecule has 7 heavy (non-hydrogen) atoms. The molecule has 0 saturated heterocycles. The van der Waals surface area contributed by atoms with Crippen molar-refractivity contribution in [3.8, 4) is 0 Å². The fourth-order valence-electron chi connectivity index (χ4n) is 0.343. The first-order valence-electron chi connectivity index (χ1n) is 2.56. The Morgan fingerprint density at radius 3 is 2.43 bits per heavy atom. The maximum Gasteiger partial charge on any atom is 0.0985 e. The minimum Gasteiger partial charge on any atom is -0.320 e. The number of alkyl halides is 1. The van der Waals surface area contributed by atoms with Gasteiger partial charge in [-0.15, -0.1) is 0 Å². The zero-order valence-corrected chi connectivity index (χ0v) is 4.87. The van der Waals surface area contributed by atoms with E-state index in [-0.39, 0.29) is 0 Å². The highest BCUT2D eigenvalue weighted by Crippen LogP contribution is 1.91. The fourth-order valence-corrected chi connectivity index (χ4v) is 0.343. The summed E-state index contributed by atoms with van der Waals surface area (Å²) in [5, 5.41) is 2.86. The molecule has 0 aromatic heterocycles. The number of hydrogen-bond donors (Lipinski definition) is 1. The molecule has 0 radical (unpaired) electrons. The number of hydrogen-bond acceptors (Lipinski definition) is 1. The van der Waals surface area contributed by atoms with E-state index in [1.807, 2.05) is 7.05 Å². The Labute approximate surface area is 43.9 Å². The van der Waals surface area contributed by atoms with Crippen LogP contribution in [0.25, 0.3) is 0 Å². The smallest absolute Gasteiger partial charge is 0.0985 e. The minimum atomic E-state index is -0.660. The van der Waals surface area contributed by atoms with E-state index in [0.29, 0.717) is 6.42 Å². The first-order chi connectivity index (χ1) is 3.27. The second-order valence-electron chi connectivity index (χ2n) is 1.67. The van der Waals surface area contributed by atoms with Gasteiger partial charge in [0.2, 0.25) is 0 Å². The first-order valence-corrected chi connectivity index (χ1v) is 2.56. The van der Waals surface area contributed by atoms with Crippen molar-refractivity contribution < 1.29 is 4.39 Å². The van der Waals surface area contributed by atoms with Crippen molar-refractivity contribution in [3.63, 3.8) is 0 Å². The molecule has 0 aliphatic carbocycles. The van der Waals surface area contributed by atoms with Crippen LogP contribution in [0.2, 0.25) is 0 Å². The van der Waals surface area contributed by atoms with Gasteiger partial charge in [0.05, 0.1) is 6.17 Å². The van der Waals surface area contributed by atoms with E-state index in [0.717, 1.165) is 6.54 Å². The number of nitrogens with one attached hydrogen (secondary N) is 1. The summed E-state index contributed by atoms with van der Waals surface area (Å²) in [6.45, 7) is 2.34. The minimum absolute atomic E-state index is 0.622. The highest BCUT2D eigenvalue weighted by Gasteiger charge is 1.92. The molecule has 0 aromatic rings. The highest BCUT2D eigenvalue weighted by molar-refractivity contribution is 4.47. The molecular weight excluding hydrogens is 93.1 g/mol. The van der Waals surface area contributed by atoms with E-state index in [9.17, 15) is 4.39 Å². The number of rotatable bonds is 3. The van der Waals surface area contributed by atoms with Crippen LogP contribution in [0.3, 0.4) is 0 Å². The van der Waals surface area contributed by atoms with Gasteiger partial charge in [0, 0.05) is 0 Å². The molecule has 0 unspecified atom stereocenters. The predicted molar refractivity (Wildman–Crippen MR) is 29.1 cm³/mol. The Balaban J connectivity index is 2.68. The third kappa shape index (κ3) is 5.89. The fraction of sp³-hybridized carbons (Fsp3) is 1.00. The molecule has 44 valence electrons. The van der Waals surface area contributed by atoms with Gasteiger partial charge in [0.15, 0.2) is 0 Å². The third-order valence-electron chi connectivity index (χ3n) is 0.792. The first kappa shape index (κ1) is 6.89. The van der Waals surface area contributed by atoms with Crippen LogP contribution in [0, 0.1) is 0 Å². The molecule has 0 amide bonds. The third-order valence-corrected chi connectivity index (χ3v) is 0.792. The molecule has 1 atom stereocenters. The molecule has 0 aliphatic rings. The molecule has 0 saturated carbocycles. The van der Waals surface area contributed by atoms with Crippen LogP contribution in [0.1, 0.15) is 13.3 Å². The predicted octanol–water partition coefficient (Wildman–Crippen LogP) is 0.954. The average molecular weight is 105 g/mol. The molecule has 0 rings (SSSR count). The summed E-state index contributed by atoms with van der Waals surface area (Å²) in [5.74, 6) is 0. The summed E-state index contributed by atoms with van der Waals surface area (Å²) < 4.78 is 11.8. The van der Waals surface area contributed by atoms with Gasteiger partial charge >= 0.3 is 0 Å². The van der Waals surface area contributed by atoms with Crippen LogP contribution >= 0.6 is 0 Å². The SMILES string of the molecule is CNCC[C@H](C)F. The molecule has 1 N–H and O–H groups in total. The lowest BCUT2D eigenvalue weighted by Gasteiger charge is -1.97. The average Bonchev–Trinajstić information content (AvgIpc) is 1.61. The molecule has 0 spiro atoms. The van der Waals surface area contributed by atoms with Gasteiger partial charge in [-0.2, -0.15) is 0 Å². The zero-order chi connectivity index (χ0) is 5.70. The van der Waals surface area contributed by atoms with Gasteiger partial charge < -0.3 is 5.32 Å². The van der Waals surface area contributed by atoms with Gasteiger partial charge in [-0.25, -0.2) is 4.39 Å². The largest absolute Gasteiger partial charge is 0.320 e. The second kappa shape index (κ2) is 4.06. The van der Waals surface area contributed by atoms with Gasteiger partial charge in [-0.05, 0) is 26.9 Å². The summed E-state index contributed by atoms with van der Waals surface area (Å²) in [6.07, 6.45) is -0.0382. The Kier molecular flexibility index (Phi) is 4.00. The Bertz CT molecular complexity index is 37.1. The van der Waals surface area contributed by atoms with Gasteiger partial charge in [0.1, 0.15) is 0 Å². The highest BCUT2D eigenvalue weighted by atomic mass is 19.1. The standard InChI is InChI=1S/C5H12FN/c1-5(6)3-4-7-2/h5,7H,3-4H2,1-2H3/t5-/m0/s1. The van der Waals surface area contributed by atoms with E-state index in [1.165, 1.54) is 0 Å². The van der Waals surface area contributed by atoms with E-state index >= 15 is 0 Å². The number of halogens is 1. The Morgan fingerprint density at radius 2 is 2.29 bits per heavy atom. The maximum absolute atomic E-state index is 11.8. The van der Waals surface area contributed by atoms with Crippen molar-refractivity contribution >= 4 is 0 Å². The topological polar surface area (TPSA) is 12.0 Å². The van der Waals surface area contributed by atoms with Crippen molar-refractivity contribution in [2.24, 2.45) is 0 Å². The molecule has 0 aliphatic heterocycles. The van der Waals surface area contributed by atoms with Crippen LogP contribution in [0.4, 0.5) is 4.39 Å². The normalized spacial score (nSPS) is 14.1. The zero-order valence-electron chi connectivity index (χ0n) is 4.87. The summed E-state index contributed by atoms with van der Waals surface area (Å²) in [7, 11) is 1.82. The summed E-state index contributed by atoms with van der Waals surface area (Å²) in [4.78, 5) is 0. The van der Waals surface area contributed by atoms with E-state index in [2.05, 4.69) is 5.32 Å². The second-order valence-corrected chi connectivity index (χ2v) is 1.67. The van der Waals surface area contributed by atoms with Crippen LogP contribution in [0.15, 0.2) is 0 Å². The lowest BCUT2D eigenvalue weighted by molar-refractivity contribution is 0.339. The lowest BCUT2D eigenvalue weighted by atomic mass is 10.3. The summed E-state index contributed by atoms with van der Waals surface area (Å²) in [6, 6.07) is 0. The van der Waals surface area contributed by atoms with E-state index in [1.54, 1.807) is 6.92 Å². The molecule has 2 heteroatoms. The Morgan fingerprint density at radius 1 is 1.71 bits per heavy atom. The lowest BCUT2D eigenvalue weighted by Crippen LogP contribution is -2.11. The van der Waals surface area contributed by atoms with Crippen LogP contribution in [-0.2, 0) is 0 Å². The molecule has 0 fully saturated rings. The quantitative estimate of drug-likeness (QED) is 0.563. The summed E-state index contributed by atoms with van der Waals surface area (Å²) in [5.41, 5.74) is 0. The van der Waals surface area contributed by atoms with Gasteiger partial charge in [-0.3, -0.25) is 0 Å². The van der Waals surface area contributed by atoms with E-state index < -0.39 is 6.17 Å². The monoisotopic (exact) mass is 105 g/mol. The van der Waals surface area contributed by atoms with Gasteiger partial charge in [0.25, 0.3) is 0 Å². The molecule has 0 aromatic carbocycles. The van der Waals surface area contributed by atoms with E-state index in [4.69, 9.17) is 0 Å². The van der Waals surface area contributed by atoms with Crippen molar-refractivity contribution in [1.82, 2.24) is 5.32 Å². The molecular formula is C5H12FN. The summed E-state index contributed by atoms with van der Waals surface area (Å²) >= 11 is 0. The van der Waals surface area contributed by atoms with Gasteiger partial charge in [-0.1, -0.05) is 0 Å². The van der Waals surface area contributed by atoms with Crippen LogP contribution in [-0.4, -0.2) is 19.8 Å². The molecule has 1 nitrogen and oxygen atoms in total. The Hall–Kier alpha value is -0.110. The maximum atomic E-state index is 11.8. The van der Waals surface area contributed by atoms with Crippen molar-refractivity contribution in [1.29, 1.82) is 0 Å². The van der Waals surface area contributed by atoms with Crippen molar-refractivity contribution in [2.75, 3.05) is 13.6 Å². The molecule has 0 bridgehead atoms. The van der Waals surface area contributed by atoms with Crippen LogP contribution < -0.4 is 5.32 Å².